The monoisotopic (exact) mass is 252 g/mol. The lowest BCUT2D eigenvalue weighted by molar-refractivity contribution is 0.0635. The second-order valence-electron chi connectivity index (χ2n) is 4.58. The number of nitrogens with two attached hydrogens (primary N) is 1. The molecule has 0 radical (unpaired) electrons. The van der Waals surface area contributed by atoms with Gasteiger partial charge in [-0.05, 0) is 44.4 Å². The molecular formula is C13H17ClN2O. The van der Waals surface area contributed by atoms with Crippen molar-refractivity contribution in [1.29, 1.82) is 0 Å². The Morgan fingerprint density at radius 1 is 1.47 bits per heavy atom. The van der Waals surface area contributed by atoms with Crippen molar-refractivity contribution in [2.45, 2.75) is 32.2 Å². The van der Waals surface area contributed by atoms with Crippen LogP contribution in [-0.4, -0.2) is 23.4 Å². The smallest absolute Gasteiger partial charge is 0.254 e. The molecule has 1 amide bonds. The van der Waals surface area contributed by atoms with Crippen molar-refractivity contribution in [2.75, 3.05) is 12.3 Å². The van der Waals surface area contributed by atoms with E-state index in [1.807, 2.05) is 4.90 Å². The number of hydrogen-bond acceptors (Lipinski definition) is 2. The molecule has 1 fully saturated rings. The van der Waals surface area contributed by atoms with Crippen LogP contribution >= 0.6 is 11.6 Å². The van der Waals surface area contributed by atoms with E-state index in [-0.39, 0.29) is 5.91 Å². The quantitative estimate of drug-likeness (QED) is 0.781. The van der Waals surface area contributed by atoms with E-state index in [9.17, 15) is 4.79 Å². The molecule has 0 unspecified atom stereocenters. The molecule has 1 aromatic rings. The zero-order valence-electron chi connectivity index (χ0n) is 9.95. The minimum Gasteiger partial charge on any atom is -0.398 e. The number of benzene rings is 1. The topological polar surface area (TPSA) is 46.3 Å². The summed E-state index contributed by atoms with van der Waals surface area (Å²) >= 11 is 5.85. The first-order chi connectivity index (χ1) is 8.09. The Bertz CT molecular complexity index is 433. The number of carbonyl (C=O) groups is 1. The van der Waals surface area contributed by atoms with Gasteiger partial charge in [0.25, 0.3) is 5.91 Å². The van der Waals surface area contributed by atoms with Crippen molar-refractivity contribution in [3.8, 4) is 0 Å². The second-order valence-corrected chi connectivity index (χ2v) is 4.99. The molecular weight excluding hydrogens is 236 g/mol. The van der Waals surface area contributed by atoms with Crippen LogP contribution in [0.1, 0.15) is 36.5 Å². The third-order valence-electron chi connectivity index (χ3n) is 3.31. The highest BCUT2D eigenvalue weighted by molar-refractivity contribution is 6.33. The maximum atomic E-state index is 12.3. The summed E-state index contributed by atoms with van der Waals surface area (Å²) < 4.78 is 0. The van der Waals surface area contributed by atoms with Crippen molar-refractivity contribution in [3.05, 3.63) is 28.8 Å². The van der Waals surface area contributed by atoms with Crippen molar-refractivity contribution in [3.63, 3.8) is 0 Å². The standard InChI is InChI=1S/C13H17ClN2O/c1-9-4-2-3-7-16(9)13(17)10-5-6-11(14)12(15)8-10/h5-6,8-9H,2-4,7,15H2,1H3/t9-/m0/s1. The van der Waals surface area contributed by atoms with Gasteiger partial charge in [-0.15, -0.1) is 0 Å². The van der Waals surface area contributed by atoms with E-state index in [1.54, 1.807) is 18.2 Å². The molecule has 1 aliphatic heterocycles. The fraction of sp³-hybridized carbons (Fsp3) is 0.462. The second kappa shape index (κ2) is 4.96. The Morgan fingerprint density at radius 2 is 2.24 bits per heavy atom. The molecule has 1 aliphatic rings. The van der Waals surface area contributed by atoms with Crippen LogP contribution in [0, 0.1) is 0 Å². The van der Waals surface area contributed by atoms with Gasteiger partial charge in [0.2, 0.25) is 0 Å². The number of nitrogen functional groups attached to an aromatic ring is 1. The summed E-state index contributed by atoms with van der Waals surface area (Å²) in [6.45, 7) is 2.93. The SMILES string of the molecule is C[C@H]1CCCCN1C(=O)c1ccc(Cl)c(N)c1. The summed E-state index contributed by atoms with van der Waals surface area (Å²) in [5, 5.41) is 0.494. The number of halogens is 1. The third kappa shape index (κ3) is 2.55. The molecule has 0 spiro atoms. The molecule has 0 aliphatic carbocycles. The number of likely N-dealkylation sites (tertiary alicyclic amines) is 1. The number of hydrogen-bond donors (Lipinski definition) is 1. The Hall–Kier alpha value is -1.22. The van der Waals surface area contributed by atoms with Crippen molar-refractivity contribution >= 4 is 23.2 Å². The van der Waals surface area contributed by atoms with Crippen LogP contribution in [0.15, 0.2) is 18.2 Å². The highest BCUT2D eigenvalue weighted by atomic mass is 35.5. The van der Waals surface area contributed by atoms with E-state index >= 15 is 0 Å². The van der Waals surface area contributed by atoms with Crippen LogP contribution in [0.4, 0.5) is 5.69 Å². The average molecular weight is 253 g/mol. The Balaban J connectivity index is 2.21. The van der Waals surface area contributed by atoms with Gasteiger partial charge in [0.15, 0.2) is 0 Å². The molecule has 2 N–H and O–H groups in total. The van der Waals surface area contributed by atoms with Gasteiger partial charge in [0.05, 0.1) is 10.7 Å². The van der Waals surface area contributed by atoms with Crippen LogP contribution in [0.2, 0.25) is 5.02 Å². The zero-order chi connectivity index (χ0) is 12.4. The molecule has 3 nitrogen and oxygen atoms in total. The number of amides is 1. The first kappa shape index (κ1) is 12.2. The first-order valence-electron chi connectivity index (χ1n) is 5.95. The molecule has 92 valence electrons. The maximum Gasteiger partial charge on any atom is 0.254 e. The number of piperidine rings is 1. The lowest BCUT2D eigenvalue weighted by atomic mass is 10.0. The number of nitrogens with zero attached hydrogens (tertiary/aromatic N) is 1. The molecule has 2 rings (SSSR count). The summed E-state index contributed by atoms with van der Waals surface area (Å²) in [4.78, 5) is 14.2. The summed E-state index contributed by atoms with van der Waals surface area (Å²) in [5.41, 5.74) is 6.81. The molecule has 4 heteroatoms. The fourth-order valence-electron chi connectivity index (χ4n) is 2.24. The van der Waals surface area contributed by atoms with E-state index in [4.69, 9.17) is 17.3 Å². The lowest BCUT2D eigenvalue weighted by Gasteiger charge is -2.33. The van der Waals surface area contributed by atoms with Crippen LogP contribution in [0.5, 0.6) is 0 Å². The highest BCUT2D eigenvalue weighted by Crippen LogP contribution is 2.23. The summed E-state index contributed by atoms with van der Waals surface area (Å²) in [6, 6.07) is 5.39. The largest absolute Gasteiger partial charge is 0.398 e. The Labute approximate surface area is 107 Å². The zero-order valence-corrected chi connectivity index (χ0v) is 10.7. The van der Waals surface area contributed by atoms with Gasteiger partial charge in [-0.1, -0.05) is 11.6 Å². The van der Waals surface area contributed by atoms with E-state index in [1.165, 1.54) is 6.42 Å². The predicted octanol–water partition coefficient (Wildman–Crippen LogP) is 2.94. The first-order valence-corrected chi connectivity index (χ1v) is 6.33. The fourth-order valence-corrected chi connectivity index (χ4v) is 2.36. The van der Waals surface area contributed by atoms with E-state index in [0.29, 0.717) is 22.3 Å². The molecule has 1 heterocycles. The molecule has 0 bridgehead atoms. The Kier molecular flexibility index (Phi) is 3.57. The van der Waals surface area contributed by atoms with Crippen LogP contribution in [0.3, 0.4) is 0 Å². The highest BCUT2D eigenvalue weighted by Gasteiger charge is 2.24. The average Bonchev–Trinajstić information content (AvgIpc) is 2.32. The van der Waals surface area contributed by atoms with E-state index in [2.05, 4.69) is 6.92 Å². The van der Waals surface area contributed by atoms with Gasteiger partial charge in [-0.2, -0.15) is 0 Å². The molecule has 1 saturated heterocycles. The predicted molar refractivity (Wildman–Crippen MR) is 70.2 cm³/mol. The van der Waals surface area contributed by atoms with Gasteiger partial charge >= 0.3 is 0 Å². The molecule has 0 aromatic heterocycles. The minimum atomic E-state index is 0.0561. The van der Waals surface area contributed by atoms with E-state index in [0.717, 1.165) is 19.4 Å². The van der Waals surface area contributed by atoms with Gasteiger partial charge in [-0.25, -0.2) is 0 Å². The third-order valence-corrected chi connectivity index (χ3v) is 3.65. The van der Waals surface area contributed by atoms with Gasteiger partial charge in [0.1, 0.15) is 0 Å². The van der Waals surface area contributed by atoms with Crippen LogP contribution in [-0.2, 0) is 0 Å². The van der Waals surface area contributed by atoms with Gasteiger partial charge < -0.3 is 10.6 Å². The van der Waals surface area contributed by atoms with Crippen molar-refractivity contribution in [1.82, 2.24) is 4.90 Å². The lowest BCUT2D eigenvalue weighted by Crippen LogP contribution is -2.42. The molecule has 1 aromatic carbocycles. The van der Waals surface area contributed by atoms with Gasteiger partial charge in [0, 0.05) is 18.2 Å². The Morgan fingerprint density at radius 3 is 2.88 bits per heavy atom. The van der Waals surface area contributed by atoms with Crippen molar-refractivity contribution < 1.29 is 4.79 Å². The molecule has 17 heavy (non-hydrogen) atoms. The van der Waals surface area contributed by atoms with E-state index < -0.39 is 0 Å². The van der Waals surface area contributed by atoms with Crippen molar-refractivity contribution in [2.24, 2.45) is 0 Å². The summed E-state index contributed by atoms with van der Waals surface area (Å²) in [5.74, 6) is 0.0561. The number of anilines is 1. The normalized spacial score (nSPS) is 20.4. The number of rotatable bonds is 1. The number of carbonyl (C=O) groups excluding carboxylic acids is 1. The summed E-state index contributed by atoms with van der Waals surface area (Å²) in [7, 11) is 0. The van der Waals surface area contributed by atoms with Crippen LogP contribution in [0.25, 0.3) is 0 Å². The minimum absolute atomic E-state index is 0.0561. The molecule has 1 atom stereocenters. The molecule has 0 saturated carbocycles. The van der Waals surface area contributed by atoms with Gasteiger partial charge in [-0.3, -0.25) is 4.79 Å². The maximum absolute atomic E-state index is 12.3. The van der Waals surface area contributed by atoms with Crippen LogP contribution < -0.4 is 5.73 Å². The summed E-state index contributed by atoms with van der Waals surface area (Å²) in [6.07, 6.45) is 3.36.